The van der Waals surface area contributed by atoms with Crippen LogP contribution in [0.5, 0.6) is 0 Å². The Morgan fingerprint density at radius 2 is 2.00 bits per heavy atom. The molecule has 110 valence electrons. The van der Waals surface area contributed by atoms with E-state index in [9.17, 15) is 4.79 Å². The lowest BCUT2D eigenvalue weighted by Crippen LogP contribution is -2.23. The minimum atomic E-state index is -0.161. The molecule has 0 unspecified atom stereocenters. The summed E-state index contributed by atoms with van der Waals surface area (Å²) in [7, 11) is 0. The molecular weight excluding hydrogens is 319 g/mol. The minimum absolute atomic E-state index is 0. The average Bonchev–Trinajstić information content (AvgIpc) is 2.86. The van der Waals surface area contributed by atoms with Crippen molar-refractivity contribution in [3.63, 3.8) is 0 Å². The number of amides is 1. The summed E-state index contributed by atoms with van der Waals surface area (Å²) in [5.41, 5.74) is 6.91. The fourth-order valence-electron chi connectivity index (χ4n) is 1.43. The van der Waals surface area contributed by atoms with Crippen LogP contribution in [0.4, 0.5) is 0 Å². The molecule has 0 bridgehead atoms. The van der Waals surface area contributed by atoms with Gasteiger partial charge in [-0.15, -0.1) is 36.2 Å². The molecule has 1 amide bonds. The van der Waals surface area contributed by atoms with Crippen molar-refractivity contribution in [1.82, 2.24) is 15.3 Å². The quantitative estimate of drug-likeness (QED) is 0.873. The number of aromatic nitrogens is 2. The van der Waals surface area contributed by atoms with E-state index in [1.165, 1.54) is 11.3 Å². The van der Waals surface area contributed by atoms with Crippen LogP contribution in [0.15, 0.2) is 29.9 Å². The second-order valence-corrected chi connectivity index (χ2v) is 4.65. The molecule has 0 saturated carbocycles. The van der Waals surface area contributed by atoms with Gasteiger partial charge in [-0.2, -0.15) is 0 Å². The van der Waals surface area contributed by atoms with Gasteiger partial charge in [0.1, 0.15) is 5.69 Å². The van der Waals surface area contributed by atoms with Crippen LogP contribution < -0.4 is 11.1 Å². The summed E-state index contributed by atoms with van der Waals surface area (Å²) in [4.78, 5) is 20.0. The molecule has 2 aromatic heterocycles. The Kier molecular flexibility index (Phi) is 9.07. The van der Waals surface area contributed by atoms with E-state index in [0.29, 0.717) is 25.2 Å². The Morgan fingerprint density at radius 1 is 1.30 bits per heavy atom. The predicted molar refractivity (Wildman–Crippen MR) is 84.8 cm³/mol. The first-order chi connectivity index (χ1) is 8.79. The summed E-state index contributed by atoms with van der Waals surface area (Å²) < 4.78 is 0. The third kappa shape index (κ3) is 5.42. The summed E-state index contributed by atoms with van der Waals surface area (Å²) in [6.07, 6.45) is 4.11. The summed E-state index contributed by atoms with van der Waals surface area (Å²) in [6, 6.07) is 3.72. The molecule has 3 N–H and O–H groups in total. The molecule has 20 heavy (non-hydrogen) atoms. The average molecular weight is 335 g/mol. The van der Waals surface area contributed by atoms with Crippen LogP contribution in [0.2, 0.25) is 0 Å². The van der Waals surface area contributed by atoms with Crippen molar-refractivity contribution in [3.05, 3.63) is 46.2 Å². The first-order valence-corrected chi connectivity index (χ1v) is 6.49. The SMILES string of the molecule is Cl.Cl.NCCc1nc(C(=O)NCc2ccncc2)cs1. The van der Waals surface area contributed by atoms with Gasteiger partial charge < -0.3 is 11.1 Å². The zero-order valence-corrected chi connectivity index (χ0v) is 13.1. The van der Waals surface area contributed by atoms with Crippen molar-refractivity contribution >= 4 is 42.1 Å². The maximum atomic E-state index is 11.8. The van der Waals surface area contributed by atoms with Gasteiger partial charge in [0.05, 0.1) is 5.01 Å². The van der Waals surface area contributed by atoms with Gasteiger partial charge in [0.15, 0.2) is 0 Å². The molecule has 0 spiro atoms. The number of hydrogen-bond acceptors (Lipinski definition) is 5. The van der Waals surface area contributed by atoms with Crippen LogP contribution >= 0.6 is 36.2 Å². The lowest BCUT2D eigenvalue weighted by atomic mass is 10.2. The zero-order valence-electron chi connectivity index (χ0n) is 10.6. The monoisotopic (exact) mass is 334 g/mol. The first kappa shape index (κ1) is 18.8. The molecule has 8 heteroatoms. The normalized spacial score (nSPS) is 9.25. The van der Waals surface area contributed by atoms with Crippen LogP contribution in [-0.2, 0) is 13.0 Å². The lowest BCUT2D eigenvalue weighted by Gasteiger charge is -2.02. The van der Waals surface area contributed by atoms with E-state index in [-0.39, 0.29) is 30.7 Å². The predicted octanol–water partition coefficient (Wildman–Crippen LogP) is 1.81. The number of hydrogen-bond donors (Lipinski definition) is 2. The maximum Gasteiger partial charge on any atom is 0.271 e. The van der Waals surface area contributed by atoms with E-state index >= 15 is 0 Å². The van der Waals surface area contributed by atoms with E-state index in [0.717, 1.165) is 10.6 Å². The van der Waals surface area contributed by atoms with Crippen LogP contribution in [0.1, 0.15) is 21.1 Å². The standard InChI is InChI=1S/C12H14N4OS.2ClH/c13-4-1-11-16-10(8-18-11)12(17)15-7-9-2-5-14-6-3-9;;/h2-3,5-6,8H,1,4,7,13H2,(H,15,17);2*1H. The van der Waals surface area contributed by atoms with E-state index < -0.39 is 0 Å². The van der Waals surface area contributed by atoms with Crippen molar-refractivity contribution in [2.75, 3.05) is 6.54 Å². The van der Waals surface area contributed by atoms with E-state index in [1.807, 2.05) is 12.1 Å². The van der Waals surface area contributed by atoms with E-state index in [4.69, 9.17) is 5.73 Å². The smallest absolute Gasteiger partial charge is 0.271 e. The topological polar surface area (TPSA) is 80.9 Å². The number of carbonyl (C=O) groups is 1. The third-order valence-electron chi connectivity index (χ3n) is 2.35. The van der Waals surface area contributed by atoms with Crippen molar-refractivity contribution in [3.8, 4) is 0 Å². The summed E-state index contributed by atoms with van der Waals surface area (Å²) in [6.45, 7) is 1.02. The largest absolute Gasteiger partial charge is 0.347 e. The highest BCUT2D eigenvalue weighted by molar-refractivity contribution is 7.09. The van der Waals surface area contributed by atoms with Gasteiger partial charge >= 0.3 is 0 Å². The molecule has 0 atom stereocenters. The molecule has 0 aromatic carbocycles. The molecule has 2 heterocycles. The number of pyridine rings is 1. The Bertz CT molecular complexity index is 521. The molecule has 0 aliphatic rings. The van der Waals surface area contributed by atoms with Gasteiger partial charge in [-0.25, -0.2) is 4.98 Å². The van der Waals surface area contributed by atoms with Gasteiger partial charge in [-0.1, -0.05) is 0 Å². The van der Waals surface area contributed by atoms with Gasteiger partial charge in [0.2, 0.25) is 0 Å². The molecule has 2 aromatic rings. The van der Waals surface area contributed by atoms with Crippen LogP contribution in [0, 0.1) is 0 Å². The molecular formula is C12H16Cl2N4OS. The second-order valence-electron chi connectivity index (χ2n) is 3.70. The van der Waals surface area contributed by atoms with Gasteiger partial charge in [-0.3, -0.25) is 9.78 Å². The second kappa shape index (κ2) is 9.66. The van der Waals surface area contributed by atoms with E-state index in [1.54, 1.807) is 17.8 Å². The van der Waals surface area contributed by atoms with Crippen molar-refractivity contribution in [2.24, 2.45) is 5.73 Å². The number of carbonyl (C=O) groups excluding carboxylic acids is 1. The maximum absolute atomic E-state index is 11.8. The summed E-state index contributed by atoms with van der Waals surface area (Å²) >= 11 is 1.46. The Balaban J connectivity index is 0.00000180. The zero-order chi connectivity index (χ0) is 12.8. The number of nitrogens with two attached hydrogens (primary N) is 1. The number of halogens is 2. The fraction of sp³-hybridized carbons (Fsp3) is 0.250. The summed E-state index contributed by atoms with van der Waals surface area (Å²) in [5, 5.41) is 5.47. The van der Waals surface area contributed by atoms with Crippen molar-refractivity contribution in [1.29, 1.82) is 0 Å². The van der Waals surface area contributed by atoms with Crippen LogP contribution in [0.3, 0.4) is 0 Å². The summed E-state index contributed by atoms with van der Waals surface area (Å²) in [5.74, 6) is -0.161. The van der Waals surface area contributed by atoms with E-state index in [2.05, 4.69) is 15.3 Å². The Hall–Kier alpha value is -1.21. The molecule has 2 rings (SSSR count). The molecule has 0 radical (unpaired) electrons. The molecule has 0 fully saturated rings. The van der Waals surface area contributed by atoms with Crippen LogP contribution in [0.25, 0.3) is 0 Å². The first-order valence-electron chi connectivity index (χ1n) is 5.61. The van der Waals surface area contributed by atoms with Crippen LogP contribution in [-0.4, -0.2) is 22.4 Å². The number of rotatable bonds is 5. The third-order valence-corrected chi connectivity index (χ3v) is 3.25. The van der Waals surface area contributed by atoms with Crippen molar-refractivity contribution in [2.45, 2.75) is 13.0 Å². The molecule has 0 aliphatic carbocycles. The highest BCUT2D eigenvalue weighted by atomic mass is 35.5. The highest BCUT2D eigenvalue weighted by Gasteiger charge is 2.09. The number of thiazole rings is 1. The fourth-order valence-corrected chi connectivity index (χ4v) is 2.22. The Morgan fingerprint density at radius 3 is 2.65 bits per heavy atom. The Labute approximate surface area is 133 Å². The molecule has 0 aliphatic heterocycles. The lowest BCUT2D eigenvalue weighted by molar-refractivity contribution is 0.0946. The molecule has 0 saturated heterocycles. The van der Waals surface area contributed by atoms with Gasteiger partial charge in [0, 0.05) is 30.7 Å². The van der Waals surface area contributed by atoms with Gasteiger partial charge in [-0.05, 0) is 24.2 Å². The number of nitrogens with zero attached hydrogens (tertiary/aromatic N) is 2. The highest BCUT2D eigenvalue weighted by Crippen LogP contribution is 2.10. The van der Waals surface area contributed by atoms with Gasteiger partial charge in [0.25, 0.3) is 5.91 Å². The minimum Gasteiger partial charge on any atom is -0.347 e. The molecule has 5 nitrogen and oxygen atoms in total. The van der Waals surface area contributed by atoms with Crippen molar-refractivity contribution < 1.29 is 4.79 Å². The number of nitrogens with one attached hydrogen (secondary N) is 1.